The van der Waals surface area contributed by atoms with E-state index >= 15 is 0 Å². The molecule has 0 aliphatic rings. The lowest BCUT2D eigenvalue weighted by Crippen LogP contribution is -2.11. The summed E-state index contributed by atoms with van der Waals surface area (Å²) in [5.41, 5.74) is 2.27. The van der Waals surface area contributed by atoms with Gasteiger partial charge in [0.05, 0.1) is 0 Å². The van der Waals surface area contributed by atoms with Crippen LogP contribution in [0.4, 0.5) is 0 Å². The number of benzene rings is 2. The van der Waals surface area contributed by atoms with Crippen LogP contribution in [0.15, 0.2) is 40.9 Å². The van der Waals surface area contributed by atoms with Gasteiger partial charge in [-0.1, -0.05) is 46.6 Å². The molecule has 2 nitrogen and oxygen atoms in total. The monoisotopic (exact) mass is 353 g/mol. The Hall–Kier alpha value is -1.03. The van der Waals surface area contributed by atoms with Crippen molar-refractivity contribution in [1.82, 2.24) is 5.32 Å². The number of hydrogen-bond acceptors (Lipinski definition) is 2. The van der Waals surface area contributed by atoms with Crippen LogP contribution in [-0.4, -0.2) is 6.54 Å². The highest BCUT2D eigenvalue weighted by molar-refractivity contribution is 9.10. The van der Waals surface area contributed by atoms with Gasteiger partial charge in [0, 0.05) is 16.0 Å². The molecular formula is C16H17BrClNO. The fourth-order valence-corrected chi connectivity index (χ4v) is 2.47. The molecule has 0 aliphatic heterocycles. The quantitative estimate of drug-likeness (QED) is 0.785. The Labute approximate surface area is 133 Å². The molecule has 0 saturated carbocycles. The molecule has 2 aromatic rings. The molecule has 106 valence electrons. The second-order valence-electron chi connectivity index (χ2n) is 4.55. The van der Waals surface area contributed by atoms with Gasteiger partial charge in [-0.25, -0.2) is 0 Å². The Morgan fingerprint density at radius 1 is 1.20 bits per heavy atom. The van der Waals surface area contributed by atoms with Crippen LogP contribution < -0.4 is 10.1 Å². The molecule has 0 aromatic heterocycles. The van der Waals surface area contributed by atoms with Crippen molar-refractivity contribution < 1.29 is 4.74 Å². The fourth-order valence-electron chi connectivity index (χ4n) is 1.81. The Bertz CT molecular complexity index is 601. The van der Waals surface area contributed by atoms with Crippen molar-refractivity contribution in [2.75, 3.05) is 6.54 Å². The van der Waals surface area contributed by atoms with Crippen LogP contribution >= 0.6 is 27.5 Å². The normalized spacial score (nSPS) is 10.6. The van der Waals surface area contributed by atoms with Crippen LogP contribution in [0, 0.1) is 6.92 Å². The van der Waals surface area contributed by atoms with E-state index in [1.807, 2.05) is 37.3 Å². The SMILES string of the molecule is CCNCc1ccc(Oc2cc(Cl)ccc2C)cc1Br. The third-order valence-electron chi connectivity index (χ3n) is 2.97. The predicted octanol–water partition coefficient (Wildman–Crippen LogP) is 5.31. The molecule has 0 bridgehead atoms. The Morgan fingerprint density at radius 3 is 2.70 bits per heavy atom. The average molecular weight is 355 g/mol. The maximum absolute atomic E-state index is 6.00. The van der Waals surface area contributed by atoms with Gasteiger partial charge in [0.25, 0.3) is 0 Å². The van der Waals surface area contributed by atoms with Gasteiger partial charge in [-0.2, -0.15) is 0 Å². The summed E-state index contributed by atoms with van der Waals surface area (Å²) in [6, 6.07) is 11.6. The molecule has 0 fully saturated rings. The van der Waals surface area contributed by atoms with Gasteiger partial charge in [0.2, 0.25) is 0 Å². The van der Waals surface area contributed by atoms with Crippen molar-refractivity contribution in [2.24, 2.45) is 0 Å². The summed E-state index contributed by atoms with van der Waals surface area (Å²) in [6.45, 7) is 5.88. The van der Waals surface area contributed by atoms with Crippen LogP contribution in [0.2, 0.25) is 5.02 Å². The van der Waals surface area contributed by atoms with E-state index in [9.17, 15) is 0 Å². The van der Waals surface area contributed by atoms with E-state index in [4.69, 9.17) is 16.3 Å². The van der Waals surface area contributed by atoms with E-state index in [1.165, 1.54) is 5.56 Å². The summed E-state index contributed by atoms with van der Waals surface area (Å²) in [4.78, 5) is 0. The molecule has 0 unspecified atom stereocenters. The molecule has 0 saturated heterocycles. The molecule has 0 spiro atoms. The topological polar surface area (TPSA) is 21.3 Å². The van der Waals surface area contributed by atoms with Gasteiger partial charge in [-0.15, -0.1) is 0 Å². The zero-order chi connectivity index (χ0) is 14.5. The van der Waals surface area contributed by atoms with Crippen LogP contribution in [0.3, 0.4) is 0 Å². The molecule has 0 radical (unpaired) electrons. The minimum atomic E-state index is 0.674. The lowest BCUT2D eigenvalue weighted by Gasteiger charge is -2.11. The Kier molecular flexibility index (Phi) is 5.46. The molecule has 0 heterocycles. The average Bonchev–Trinajstić information content (AvgIpc) is 2.42. The first kappa shape index (κ1) is 15.4. The van der Waals surface area contributed by atoms with Gasteiger partial charge in [0.1, 0.15) is 11.5 Å². The van der Waals surface area contributed by atoms with Gasteiger partial charge in [0.15, 0.2) is 0 Å². The second kappa shape index (κ2) is 7.11. The number of rotatable bonds is 5. The first-order valence-electron chi connectivity index (χ1n) is 6.53. The van der Waals surface area contributed by atoms with Gasteiger partial charge in [-0.05, 0) is 48.9 Å². The van der Waals surface area contributed by atoms with Crippen molar-refractivity contribution in [3.8, 4) is 11.5 Å². The van der Waals surface area contributed by atoms with E-state index in [-0.39, 0.29) is 0 Å². The molecule has 1 N–H and O–H groups in total. The summed E-state index contributed by atoms with van der Waals surface area (Å²) in [6.07, 6.45) is 0. The minimum absolute atomic E-state index is 0.674. The number of halogens is 2. The highest BCUT2D eigenvalue weighted by Gasteiger charge is 2.05. The molecule has 0 atom stereocenters. The van der Waals surface area contributed by atoms with Crippen molar-refractivity contribution in [3.05, 3.63) is 57.0 Å². The van der Waals surface area contributed by atoms with E-state index in [2.05, 4.69) is 34.2 Å². The van der Waals surface area contributed by atoms with E-state index in [1.54, 1.807) is 0 Å². The number of aryl methyl sites for hydroxylation is 1. The summed E-state index contributed by atoms with van der Waals surface area (Å²) in [5.74, 6) is 1.58. The standard InChI is InChI=1S/C16H17BrClNO/c1-3-19-10-12-5-7-14(9-15(12)17)20-16-8-13(18)6-4-11(16)2/h4-9,19H,3,10H2,1-2H3. The number of ether oxygens (including phenoxy) is 1. The predicted molar refractivity (Wildman–Crippen MR) is 87.8 cm³/mol. The maximum atomic E-state index is 6.00. The Balaban J connectivity index is 2.17. The smallest absolute Gasteiger partial charge is 0.131 e. The molecule has 2 aromatic carbocycles. The lowest BCUT2D eigenvalue weighted by molar-refractivity contribution is 0.478. The van der Waals surface area contributed by atoms with Gasteiger partial charge in [-0.3, -0.25) is 0 Å². The summed E-state index contributed by atoms with van der Waals surface area (Å²) >= 11 is 9.58. The van der Waals surface area contributed by atoms with Crippen molar-refractivity contribution in [2.45, 2.75) is 20.4 Å². The van der Waals surface area contributed by atoms with Gasteiger partial charge < -0.3 is 10.1 Å². The van der Waals surface area contributed by atoms with Crippen LogP contribution in [0.25, 0.3) is 0 Å². The zero-order valence-electron chi connectivity index (χ0n) is 11.5. The zero-order valence-corrected chi connectivity index (χ0v) is 13.9. The van der Waals surface area contributed by atoms with Crippen molar-refractivity contribution >= 4 is 27.5 Å². The first-order chi connectivity index (χ1) is 9.60. The summed E-state index contributed by atoms with van der Waals surface area (Å²) in [7, 11) is 0. The third-order valence-corrected chi connectivity index (χ3v) is 3.94. The van der Waals surface area contributed by atoms with E-state index < -0.39 is 0 Å². The van der Waals surface area contributed by atoms with Crippen molar-refractivity contribution in [3.63, 3.8) is 0 Å². The summed E-state index contributed by atoms with van der Waals surface area (Å²) in [5, 5.41) is 3.98. The van der Waals surface area contributed by atoms with Crippen LogP contribution in [0.1, 0.15) is 18.1 Å². The summed E-state index contributed by atoms with van der Waals surface area (Å²) < 4.78 is 6.93. The van der Waals surface area contributed by atoms with Crippen LogP contribution in [-0.2, 0) is 6.54 Å². The van der Waals surface area contributed by atoms with E-state index in [0.717, 1.165) is 34.6 Å². The maximum Gasteiger partial charge on any atom is 0.131 e. The largest absolute Gasteiger partial charge is 0.457 e. The van der Waals surface area contributed by atoms with Gasteiger partial charge >= 0.3 is 0 Å². The molecule has 2 rings (SSSR count). The highest BCUT2D eigenvalue weighted by atomic mass is 79.9. The number of hydrogen-bond donors (Lipinski definition) is 1. The lowest BCUT2D eigenvalue weighted by atomic mass is 10.2. The molecular weight excluding hydrogens is 338 g/mol. The van der Waals surface area contributed by atoms with Crippen molar-refractivity contribution in [1.29, 1.82) is 0 Å². The first-order valence-corrected chi connectivity index (χ1v) is 7.70. The molecule has 4 heteroatoms. The minimum Gasteiger partial charge on any atom is -0.457 e. The van der Waals surface area contributed by atoms with E-state index in [0.29, 0.717) is 5.02 Å². The Morgan fingerprint density at radius 2 is 2.00 bits per heavy atom. The third kappa shape index (κ3) is 3.98. The molecule has 0 aliphatic carbocycles. The van der Waals surface area contributed by atoms with Crippen LogP contribution in [0.5, 0.6) is 11.5 Å². The molecule has 0 amide bonds. The highest BCUT2D eigenvalue weighted by Crippen LogP contribution is 2.30. The number of nitrogens with one attached hydrogen (secondary N) is 1. The second-order valence-corrected chi connectivity index (χ2v) is 5.84. The molecule has 20 heavy (non-hydrogen) atoms. The fraction of sp³-hybridized carbons (Fsp3) is 0.250.